The number of rotatable bonds is 6. The van der Waals surface area contributed by atoms with Crippen LogP contribution in [-0.2, 0) is 11.3 Å². The lowest BCUT2D eigenvalue weighted by Crippen LogP contribution is -2.05. The van der Waals surface area contributed by atoms with Crippen LogP contribution in [0.4, 0.5) is 17.3 Å². The van der Waals surface area contributed by atoms with Crippen LogP contribution in [0.3, 0.4) is 0 Å². The Hall–Kier alpha value is -4.14. The van der Waals surface area contributed by atoms with Gasteiger partial charge in [0.2, 0.25) is 5.95 Å². The first kappa shape index (κ1) is 19.2. The van der Waals surface area contributed by atoms with E-state index in [1.165, 1.54) is 7.11 Å². The lowest BCUT2D eigenvalue weighted by Gasteiger charge is -2.09. The number of carbonyl (C=O) groups excluding carboxylic acids is 1. The molecule has 0 amide bonds. The predicted octanol–water partition coefficient (Wildman–Crippen LogP) is 2.93. The molecule has 0 bridgehead atoms. The number of nitrogen functional groups attached to an aromatic ring is 1. The molecule has 0 atom stereocenters. The van der Waals surface area contributed by atoms with Gasteiger partial charge in [-0.3, -0.25) is 0 Å². The number of anilines is 3. The number of nitrogens with zero attached hydrogens (tertiary/aromatic N) is 5. The second kappa shape index (κ2) is 8.08. The summed E-state index contributed by atoms with van der Waals surface area (Å²) in [5.74, 6) is 0.0782. The fourth-order valence-electron chi connectivity index (χ4n) is 3.08. The second-order valence-electron chi connectivity index (χ2n) is 6.78. The number of aromatic nitrogens is 5. The standard InChI is InChI=1S/C21H21N7O2/c1-14-10-27(12-23-14)19-7-6-17(9-18(19)22)25-21-24-13-28(26-21)11-15-4-3-5-16(8-15)20(29)30-2/h3-10,12-13H,11,22H2,1-2H3,(H,25,26). The topological polar surface area (TPSA) is 113 Å². The van der Waals surface area contributed by atoms with Crippen molar-refractivity contribution < 1.29 is 9.53 Å². The maximum atomic E-state index is 11.7. The summed E-state index contributed by atoms with van der Waals surface area (Å²) in [4.78, 5) is 20.2. The fraction of sp³-hybridized carbons (Fsp3) is 0.143. The summed E-state index contributed by atoms with van der Waals surface area (Å²) in [5, 5.41) is 7.58. The molecule has 2 aromatic heterocycles. The van der Waals surface area contributed by atoms with Gasteiger partial charge in [-0.2, -0.15) is 0 Å². The number of hydrogen-bond donors (Lipinski definition) is 2. The van der Waals surface area contributed by atoms with Crippen LogP contribution < -0.4 is 11.1 Å². The molecule has 0 aliphatic carbocycles. The minimum Gasteiger partial charge on any atom is -0.465 e. The van der Waals surface area contributed by atoms with Gasteiger partial charge in [0.05, 0.1) is 42.6 Å². The minimum atomic E-state index is -0.371. The van der Waals surface area contributed by atoms with Gasteiger partial charge in [0.15, 0.2) is 0 Å². The number of esters is 1. The normalized spacial score (nSPS) is 10.7. The molecular formula is C21H21N7O2. The summed E-state index contributed by atoms with van der Waals surface area (Å²) in [6, 6.07) is 12.9. The first-order valence-corrected chi connectivity index (χ1v) is 9.26. The maximum absolute atomic E-state index is 11.7. The van der Waals surface area contributed by atoms with Gasteiger partial charge in [-0.05, 0) is 42.8 Å². The third kappa shape index (κ3) is 4.14. The molecule has 0 aliphatic heterocycles. The molecule has 2 aromatic carbocycles. The molecule has 0 fully saturated rings. The summed E-state index contributed by atoms with van der Waals surface area (Å²) in [5.41, 5.74) is 10.8. The largest absolute Gasteiger partial charge is 0.465 e. The molecule has 3 N–H and O–H groups in total. The van der Waals surface area contributed by atoms with E-state index in [9.17, 15) is 4.79 Å². The Morgan fingerprint density at radius 2 is 2.03 bits per heavy atom. The van der Waals surface area contributed by atoms with E-state index >= 15 is 0 Å². The molecule has 4 aromatic rings. The Morgan fingerprint density at radius 3 is 2.77 bits per heavy atom. The van der Waals surface area contributed by atoms with Crippen LogP contribution in [0.2, 0.25) is 0 Å². The molecule has 0 spiro atoms. The Labute approximate surface area is 173 Å². The molecule has 0 radical (unpaired) electrons. The summed E-state index contributed by atoms with van der Waals surface area (Å²) < 4.78 is 8.32. The fourth-order valence-corrected chi connectivity index (χ4v) is 3.08. The quantitative estimate of drug-likeness (QED) is 0.376. The summed E-state index contributed by atoms with van der Waals surface area (Å²) in [6.45, 7) is 2.40. The molecule has 0 aliphatic rings. The van der Waals surface area contributed by atoms with E-state index in [1.54, 1.807) is 29.5 Å². The van der Waals surface area contributed by atoms with Crippen LogP contribution in [-0.4, -0.2) is 37.4 Å². The third-order valence-corrected chi connectivity index (χ3v) is 4.50. The molecule has 0 unspecified atom stereocenters. The summed E-state index contributed by atoms with van der Waals surface area (Å²) in [6.07, 6.45) is 5.27. The van der Waals surface area contributed by atoms with E-state index < -0.39 is 0 Å². The lowest BCUT2D eigenvalue weighted by atomic mass is 10.1. The van der Waals surface area contributed by atoms with E-state index in [1.807, 2.05) is 48.0 Å². The van der Waals surface area contributed by atoms with Crippen molar-refractivity contribution in [1.29, 1.82) is 0 Å². The highest BCUT2D eigenvalue weighted by Crippen LogP contribution is 2.23. The number of hydrogen-bond acceptors (Lipinski definition) is 7. The van der Waals surface area contributed by atoms with Gasteiger partial charge in [-0.1, -0.05) is 12.1 Å². The molecule has 9 heteroatoms. The van der Waals surface area contributed by atoms with Crippen LogP contribution in [0.1, 0.15) is 21.6 Å². The number of methoxy groups -OCH3 is 1. The number of ether oxygens (including phenoxy) is 1. The van der Waals surface area contributed by atoms with Crippen LogP contribution in [0.5, 0.6) is 0 Å². The van der Waals surface area contributed by atoms with Gasteiger partial charge in [0.25, 0.3) is 0 Å². The van der Waals surface area contributed by atoms with Crippen molar-refractivity contribution in [2.24, 2.45) is 0 Å². The average molecular weight is 403 g/mol. The van der Waals surface area contributed by atoms with Gasteiger partial charge in [0, 0.05) is 11.9 Å². The molecule has 0 saturated heterocycles. The second-order valence-corrected chi connectivity index (χ2v) is 6.78. The number of imidazole rings is 1. The van der Waals surface area contributed by atoms with Gasteiger partial charge < -0.3 is 20.4 Å². The highest BCUT2D eigenvalue weighted by atomic mass is 16.5. The average Bonchev–Trinajstić information content (AvgIpc) is 3.36. The third-order valence-electron chi connectivity index (χ3n) is 4.50. The molecule has 4 rings (SSSR count). The van der Waals surface area contributed by atoms with Crippen molar-refractivity contribution >= 4 is 23.3 Å². The van der Waals surface area contributed by atoms with Crippen molar-refractivity contribution in [1.82, 2.24) is 24.3 Å². The van der Waals surface area contributed by atoms with Gasteiger partial charge in [-0.25, -0.2) is 19.4 Å². The number of carbonyl (C=O) groups is 1. The highest BCUT2D eigenvalue weighted by Gasteiger charge is 2.09. The Bertz CT molecular complexity index is 1200. The Morgan fingerprint density at radius 1 is 1.17 bits per heavy atom. The zero-order valence-electron chi connectivity index (χ0n) is 16.6. The first-order chi connectivity index (χ1) is 14.5. The molecular weight excluding hydrogens is 382 g/mol. The highest BCUT2D eigenvalue weighted by molar-refractivity contribution is 5.89. The number of nitrogens with one attached hydrogen (secondary N) is 1. The first-order valence-electron chi connectivity index (χ1n) is 9.26. The van der Waals surface area contributed by atoms with Crippen LogP contribution in [0.25, 0.3) is 5.69 Å². The van der Waals surface area contributed by atoms with Crippen LogP contribution in [0, 0.1) is 6.92 Å². The summed E-state index contributed by atoms with van der Waals surface area (Å²) >= 11 is 0. The zero-order chi connectivity index (χ0) is 21.1. The predicted molar refractivity (Wildman–Crippen MR) is 113 cm³/mol. The lowest BCUT2D eigenvalue weighted by molar-refractivity contribution is 0.0600. The Balaban J connectivity index is 1.46. The molecule has 2 heterocycles. The van der Waals surface area contributed by atoms with Crippen molar-refractivity contribution in [3.63, 3.8) is 0 Å². The van der Waals surface area contributed by atoms with E-state index in [4.69, 9.17) is 10.5 Å². The Kier molecular flexibility index (Phi) is 5.17. The number of benzene rings is 2. The monoisotopic (exact) mass is 403 g/mol. The maximum Gasteiger partial charge on any atom is 0.337 e. The van der Waals surface area contributed by atoms with E-state index in [-0.39, 0.29) is 5.97 Å². The molecule has 9 nitrogen and oxygen atoms in total. The molecule has 152 valence electrons. The van der Waals surface area contributed by atoms with E-state index in [0.717, 1.165) is 22.6 Å². The number of nitrogens with two attached hydrogens (primary N) is 1. The van der Waals surface area contributed by atoms with Gasteiger partial charge in [-0.15, -0.1) is 5.10 Å². The van der Waals surface area contributed by atoms with Crippen molar-refractivity contribution in [3.05, 3.63) is 78.1 Å². The van der Waals surface area contributed by atoms with Crippen LogP contribution in [0.15, 0.2) is 61.3 Å². The van der Waals surface area contributed by atoms with E-state index in [0.29, 0.717) is 23.7 Å². The smallest absolute Gasteiger partial charge is 0.337 e. The van der Waals surface area contributed by atoms with Crippen molar-refractivity contribution in [3.8, 4) is 5.69 Å². The van der Waals surface area contributed by atoms with Gasteiger partial charge in [0.1, 0.15) is 6.33 Å². The number of aryl methyl sites for hydroxylation is 1. The van der Waals surface area contributed by atoms with Crippen molar-refractivity contribution in [2.75, 3.05) is 18.2 Å². The molecule has 0 saturated carbocycles. The van der Waals surface area contributed by atoms with Crippen molar-refractivity contribution in [2.45, 2.75) is 13.5 Å². The zero-order valence-corrected chi connectivity index (χ0v) is 16.6. The van der Waals surface area contributed by atoms with E-state index in [2.05, 4.69) is 20.4 Å². The summed E-state index contributed by atoms with van der Waals surface area (Å²) in [7, 11) is 1.36. The van der Waals surface area contributed by atoms with Gasteiger partial charge >= 0.3 is 5.97 Å². The van der Waals surface area contributed by atoms with Crippen LogP contribution >= 0.6 is 0 Å². The SMILES string of the molecule is COC(=O)c1cccc(Cn2cnc(Nc3ccc(-n4cnc(C)c4)c(N)c3)n2)c1. The minimum absolute atomic E-state index is 0.371. The molecule has 30 heavy (non-hydrogen) atoms.